The van der Waals surface area contributed by atoms with Crippen LogP contribution < -0.4 is 0 Å². The number of rotatable bonds is 3. The molecule has 4 rings (SSSR count). The van der Waals surface area contributed by atoms with Crippen LogP contribution in [-0.2, 0) is 6.42 Å². The van der Waals surface area contributed by atoms with Gasteiger partial charge in [0.2, 0.25) is 0 Å². The van der Waals surface area contributed by atoms with Crippen molar-refractivity contribution in [1.82, 2.24) is 0 Å². The van der Waals surface area contributed by atoms with E-state index in [0.29, 0.717) is 28.7 Å². The summed E-state index contributed by atoms with van der Waals surface area (Å²) in [6.07, 6.45) is 2.41. The quantitative estimate of drug-likeness (QED) is 0.162. The summed E-state index contributed by atoms with van der Waals surface area (Å²) in [5.74, 6) is 5.80. The molecule has 0 atom stereocenters. The van der Waals surface area contributed by atoms with Gasteiger partial charge in [-0.15, -0.1) is 0 Å². The molecule has 0 nitrogen and oxygen atoms in total. The number of fused-ring (bicyclic) bond motifs is 1. The summed E-state index contributed by atoms with van der Waals surface area (Å²) in [6.45, 7) is 2.01. The predicted octanol–water partition coefficient (Wildman–Crippen LogP) is 7.68. The molecule has 174 valence electrons. The maximum absolute atomic E-state index is 14.3. The van der Waals surface area contributed by atoms with E-state index in [0.717, 1.165) is 18.9 Å². The highest BCUT2D eigenvalue weighted by Gasteiger charge is 2.13. The van der Waals surface area contributed by atoms with Crippen LogP contribution in [0.3, 0.4) is 0 Å². The summed E-state index contributed by atoms with van der Waals surface area (Å²) in [5.41, 5.74) is 2.05. The summed E-state index contributed by atoms with van der Waals surface area (Å²) in [7, 11) is 0. The Morgan fingerprint density at radius 1 is 0.600 bits per heavy atom. The molecule has 4 aromatic rings. The molecule has 0 aliphatic rings. The van der Waals surface area contributed by atoms with Gasteiger partial charge in [0.1, 0.15) is 11.6 Å². The Morgan fingerprint density at radius 2 is 1.17 bits per heavy atom. The maximum Gasteiger partial charge on any atom is 0.195 e. The molecule has 0 radical (unpaired) electrons. The minimum atomic E-state index is -1.51. The summed E-state index contributed by atoms with van der Waals surface area (Å²) in [6, 6.07) is 14.7. The van der Waals surface area contributed by atoms with E-state index in [4.69, 9.17) is 0 Å². The van der Waals surface area contributed by atoms with E-state index in [2.05, 4.69) is 23.7 Å². The van der Waals surface area contributed by atoms with Crippen molar-refractivity contribution in [2.24, 2.45) is 0 Å². The highest BCUT2D eigenvalue weighted by molar-refractivity contribution is 5.84. The van der Waals surface area contributed by atoms with Gasteiger partial charge in [-0.25, -0.2) is 22.0 Å². The molecule has 0 saturated heterocycles. The van der Waals surface area contributed by atoms with Crippen molar-refractivity contribution in [2.45, 2.75) is 26.2 Å². The summed E-state index contributed by atoms with van der Waals surface area (Å²) < 4.78 is 69.4. The van der Waals surface area contributed by atoms with E-state index in [1.54, 1.807) is 24.3 Å². The van der Waals surface area contributed by atoms with Crippen molar-refractivity contribution in [3.05, 3.63) is 118 Å². The Bertz CT molecular complexity index is 1500. The maximum atomic E-state index is 14.3. The van der Waals surface area contributed by atoms with Crippen molar-refractivity contribution in [3.63, 3.8) is 0 Å². The fourth-order valence-electron chi connectivity index (χ4n) is 3.57. The summed E-state index contributed by atoms with van der Waals surface area (Å²) in [4.78, 5) is 0. The highest BCUT2D eigenvalue weighted by atomic mass is 19.2. The Morgan fingerprint density at radius 3 is 1.80 bits per heavy atom. The van der Waals surface area contributed by atoms with Crippen LogP contribution in [0.1, 0.15) is 47.6 Å². The van der Waals surface area contributed by atoms with Crippen LogP contribution in [0.25, 0.3) is 10.8 Å². The van der Waals surface area contributed by atoms with Crippen LogP contribution in [0.5, 0.6) is 0 Å². The number of hydrogen-bond donors (Lipinski definition) is 0. The van der Waals surface area contributed by atoms with E-state index in [-0.39, 0.29) is 16.3 Å². The number of aryl methyl sites for hydroxylation is 1. The Kier molecular flexibility index (Phi) is 7.18. The average Bonchev–Trinajstić information content (AvgIpc) is 2.85. The second-order valence-electron chi connectivity index (χ2n) is 8.04. The summed E-state index contributed by atoms with van der Waals surface area (Å²) >= 11 is 0. The molecule has 0 spiro atoms. The lowest BCUT2D eigenvalue weighted by Gasteiger charge is -2.03. The molecular formula is C30H19F5. The van der Waals surface area contributed by atoms with Crippen LogP contribution in [0.2, 0.25) is 0 Å². The fourth-order valence-corrected chi connectivity index (χ4v) is 3.57. The van der Waals surface area contributed by atoms with Gasteiger partial charge in [0.05, 0.1) is 5.56 Å². The monoisotopic (exact) mass is 474 g/mol. The standard InChI is InChI=1S/C30H19F5/c1-2-3-4-22-16-26(31)25(27(32)17-22)14-11-20-7-5-19(6-8-20)9-10-21-12-13-24-23(15-21)18-28(33)30(35)29(24)34/h5-8,12-13,15-18H,2-4H2,1H3. The Balaban J connectivity index is 1.52. The minimum Gasteiger partial charge on any atom is -0.206 e. The average molecular weight is 474 g/mol. The van der Waals surface area contributed by atoms with Crippen LogP contribution in [0.15, 0.2) is 60.7 Å². The van der Waals surface area contributed by atoms with Gasteiger partial charge < -0.3 is 0 Å². The molecule has 0 unspecified atom stereocenters. The normalized spacial score (nSPS) is 10.5. The second-order valence-corrected chi connectivity index (χ2v) is 8.04. The lowest BCUT2D eigenvalue weighted by atomic mass is 10.0. The van der Waals surface area contributed by atoms with Gasteiger partial charge in [0.15, 0.2) is 17.5 Å². The third kappa shape index (κ3) is 5.53. The lowest BCUT2D eigenvalue weighted by Crippen LogP contribution is -1.95. The molecule has 0 heterocycles. The first kappa shape index (κ1) is 24.0. The number of unbranched alkanes of at least 4 members (excludes halogenated alkanes) is 1. The fraction of sp³-hybridized carbons (Fsp3) is 0.133. The minimum absolute atomic E-state index is 0.0270. The third-order valence-electron chi connectivity index (χ3n) is 5.46. The number of halogens is 5. The van der Waals surface area contributed by atoms with Crippen LogP contribution in [0, 0.1) is 52.8 Å². The van der Waals surface area contributed by atoms with Gasteiger partial charge in [0.25, 0.3) is 0 Å². The molecule has 0 aliphatic carbocycles. The largest absolute Gasteiger partial charge is 0.206 e. The van der Waals surface area contributed by atoms with E-state index in [1.807, 2.05) is 6.92 Å². The second kappa shape index (κ2) is 10.5. The van der Waals surface area contributed by atoms with Crippen molar-refractivity contribution in [2.75, 3.05) is 0 Å². The first-order valence-corrected chi connectivity index (χ1v) is 11.0. The van der Waals surface area contributed by atoms with Crippen molar-refractivity contribution in [1.29, 1.82) is 0 Å². The van der Waals surface area contributed by atoms with E-state index >= 15 is 0 Å². The smallest absolute Gasteiger partial charge is 0.195 e. The van der Waals surface area contributed by atoms with Crippen LogP contribution in [-0.4, -0.2) is 0 Å². The zero-order valence-corrected chi connectivity index (χ0v) is 18.8. The number of hydrogen-bond acceptors (Lipinski definition) is 0. The van der Waals surface area contributed by atoms with Crippen molar-refractivity contribution >= 4 is 10.8 Å². The van der Waals surface area contributed by atoms with E-state index in [9.17, 15) is 22.0 Å². The Hall–Kier alpha value is -4.09. The van der Waals surface area contributed by atoms with Crippen molar-refractivity contribution in [3.8, 4) is 23.7 Å². The zero-order valence-electron chi connectivity index (χ0n) is 18.8. The van der Waals surface area contributed by atoms with Gasteiger partial charge >= 0.3 is 0 Å². The molecular weight excluding hydrogens is 455 g/mol. The van der Waals surface area contributed by atoms with Crippen LogP contribution in [0.4, 0.5) is 22.0 Å². The van der Waals surface area contributed by atoms with Gasteiger partial charge in [-0.05, 0) is 78.4 Å². The molecule has 4 aromatic carbocycles. The first-order valence-electron chi connectivity index (χ1n) is 11.0. The molecule has 0 aliphatic heterocycles. The first-order chi connectivity index (χ1) is 16.9. The SMILES string of the molecule is CCCCc1cc(F)c(C#Cc2ccc(C#Cc3ccc4c(F)c(F)c(F)cc4c3)cc2)c(F)c1. The number of benzene rings is 4. The molecule has 0 N–H and O–H groups in total. The summed E-state index contributed by atoms with van der Waals surface area (Å²) in [5, 5.41) is 0.178. The van der Waals surface area contributed by atoms with E-state index in [1.165, 1.54) is 30.3 Å². The molecule has 0 amide bonds. The molecule has 0 aromatic heterocycles. The third-order valence-corrected chi connectivity index (χ3v) is 5.46. The zero-order chi connectivity index (χ0) is 24.9. The van der Waals surface area contributed by atoms with E-state index < -0.39 is 29.1 Å². The van der Waals surface area contributed by atoms with Crippen LogP contribution >= 0.6 is 0 Å². The molecule has 0 saturated carbocycles. The van der Waals surface area contributed by atoms with Gasteiger partial charge in [0, 0.05) is 22.1 Å². The van der Waals surface area contributed by atoms with Gasteiger partial charge in [-0.1, -0.05) is 43.1 Å². The van der Waals surface area contributed by atoms with Crippen molar-refractivity contribution < 1.29 is 22.0 Å². The predicted molar refractivity (Wildman–Crippen MR) is 127 cm³/mol. The topological polar surface area (TPSA) is 0 Å². The molecule has 35 heavy (non-hydrogen) atoms. The van der Waals surface area contributed by atoms with Gasteiger partial charge in [-0.3, -0.25) is 0 Å². The Labute approximate surface area is 200 Å². The molecule has 5 heteroatoms. The lowest BCUT2D eigenvalue weighted by molar-refractivity contribution is 0.453. The molecule has 0 fully saturated rings. The molecule has 0 bridgehead atoms. The highest BCUT2D eigenvalue weighted by Crippen LogP contribution is 2.24. The van der Waals surface area contributed by atoms with Gasteiger partial charge in [-0.2, -0.15) is 0 Å².